The molecule has 1 atom stereocenters. The highest BCUT2D eigenvalue weighted by atomic mass is 32.1. The summed E-state index contributed by atoms with van der Waals surface area (Å²) in [6.07, 6.45) is 4.11. The van der Waals surface area contributed by atoms with Crippen LogP contribution < -0.4 is 16.0 Å². The molecular formula is C18H23N9OS. The minimum atomic E-state index is -0.313. The molecule has 0 aromatic carbocycles. The number of anilines is 3. The van der Waals surface area contributed by atoms with Crippen LogP contribution in [0.2, 0.25) is 0 Å². The van der Waals surface area contributed by atoms with Gasteiger partial charge in [-0.1, -0.05) is 11.3 Å². The second-order valence-electron chi connectivity index (χ2n) is 7.25. The maximum atomic E-state index is 11.3. The van der Waals surface area contributed by atoms with Crippen LogP contribution >= 0.6 is 11.3 Å². The van der Waals surface area contributed by atoms with E-state index >= 15 is 0 Å². The van der Waals surface area contributed by atoms with Crippen molar-refractivity contribution < 1.29 is 4.79 Å². The molecule has 2 aliphatic rings. The number of piperazine rings is 1. The van der Waals surface area contributed by atoms with Crippen molar-refractivity contribution >= 4 is 34.1 Å². The SMILES string of the molecule is N#Cc1cnc(Nc2cc(N3CCN(CC4CCN(C(N)=O)C4)CC3)ncn2)s1. The number of hydrogen-bond donors (Lipinski definition) is 2. The van der Waals surface area contributed by atoms with Gasteiger partial charge < -0.3 is 20.9 Å². The molecule has 3 N–H and O–H groups in total. The van der Waals surface area contributed by atoms with Crippen LogP contribution in [0.4, 0.5) is 21.6 Å². The van der Waals surface area contributed by atoms with Crippen molar-refractivity contribution in [3.8, 4) is 6.07 Å². The molecule has 152 valence electrons. The van der Waals surface area contributed by atoms with Crippen LogP contribution in [0.5, 0.6) is 0 Å². The van der Waals surface area contributed by atoms with Gasteiger partial charge in [-0.3, -0.25) is 4.90 Å². The molecule has 1 unspecified atom stereocenters. The first-order valence-corrected chi connectivity index (χ1v) is 10.4. The average molecular weight is 414 g/mol. The number of likely N-dealkylation sites (tertiary alicyclic amines) is 1. The van der Waals surface area contributed by atoms with Gasteiger partial charge in [-0.05, 0) is 12.3 Å². The third-order valence-corrected chi connectivity index (χ3v) is 6.13. The maximum absolute atomic E-state index is 11.3. The summed E-state index contributed by atoms with van der Waals surface area (Å²) < 4.78 is 0. The predicted molar refractivity (Wildman–Crippen MR) is 110 cm³/mol. The fourth-order valence-electron chi connectivity index (χ4n) is 3.79. The Morgan fingerprint density at radius 2 is 2.10 bits per heavy atom. The zero-order valence-corrected chi connectivity index (χ0v) is 16.8. The number of nitrogens with two attached hydrogens (primary N) is 1. The third-order valence-electron chi connectivity index (χ3n) is 5.31. The first-order chi connectivity index (χ1) is 14.1. The molecule has 0 aliphatic carbocycles. The maximum Gasteiger partial charge on any atom is 0.314 e. The van der Waals surface area contributed by atoms with Gasteiger partial charge >= 0.3 is 6.03 Å². The Hall–Kier alpha value is -2.97. The number of nitrogens with zero attached hydrogens (tertiary/aromatic N) is 7. The van der Waals surface area contributed by atoms with Crippen LogP contribution in [-0.4, -0.2) is 76.6 Å². The number of rotatable bonds is 5. The summed E-state index contributed by atoms with van der Waals surface area (Å²) in [4.78, 5) is 31.1. The lowest BCUT2D eigenvalue weighted by molar-refractivity contribution is 0.204. The van der Waals surface area contributed by atoms with Gasteiger partial charge in [0.2, 0.25) is 0 Å². The highest BCUT2D eigenvalue weighted by Crippen LogP contribution is 2.24. The third kappa shape index (κ3) is 4.72. The number of hydrogen-bond acceptors (Lipinski definition) is 9. The van der Waals surface area contributed by atoms with E-state index in [1.807, 2.05) is 6.07 Å². The molecule has 10 nitrogen and oxygen atoms in total. The van der Waals surface area contributed by atoms with E-state index in [1.165, 1.54) is 11.3 Å². The van der Waals surface area contributed by atoms with Crippen LogP contribution in [-0.2, 0) is 0 Å². The number of nitriles is 1. The zero-order chi connectivity index (χ0) is 20.2. The average Bonchev–Trinajstić information content (AvgIpc) is 3.38. The molecule has 2 aromatic heterocycles. The number of carbonyl (C=O) groups is 1. The smallest absolute Gasteiger partial charge is 0.314 e. The molecule has 0 bridgehead atoms. The van der Waals surface area contributed by atoms with Gasteiger partial charge in [0.1, 0.15) is 28.9 Å². The molecule has 2 fully saturated rings. The molecule has 0 spiro atoms. The van der Waals surface area contributed by atoms with E-state index in [0.717, 1.165) is 58.1 Å². The van der Waals surface area contributed by atoms with Gasteiger partial charge in [0.15, 0.2) is 5.13 Å². The lowest BCUT2D eigenvalue weighted by atomic mass is 10.1. The first-order valence-electron chi connectivity index (χ1n) is 9.57. The minimum absolute atomic E-state index is 0.313. The van der Waals surface area contributed by atoms with Crippen LogP contribution in [0, 0.1) is 17.2 Å². The summed E-state index contributed by atoms with van der Waals surface area (Å²) in [5.41, 5.74) is 5.38. The number of thiazole rings is 1. The van der Waals surface area contributed by atoms with E-state index in [1.54, 1.807) is 17.4 Å². The number of urea groups is 1. The van der Waals surface area contributed by atoms with E-state index < -0.39 is 0 Å². The Balaban J connectivity index is 1.29. The van der Waals surface area contributed by atoms with Crippen molar-refractivity contribution in [3.63, 3.8) is 0 Å². The molecule has 2 saturated heterocycles. The van der Waals surface area contributed by atoms with E-state index in [9.17, 15) is 4.79 Å². The minimum Gasteiger partial charge on any atom is -0.354 e. The lowest BCUT2D eigenvalue weighted by Crippen LogP contribution is -2.48. The molecule has 2 aromatic rings. The highest BCUT2D eigenvalue weighted by molar-refractivity contribution is 7.16. The molecule has 2 amide bonds. The number of nitrogens with one attached hydrogen (secondary N) is 1. The van der Waals surface area contributed by atoms with E-state index in [4.69, 9.17) is 11.0 Å². The van der Waals surface area contributed by atoms with Crippen molar-refractivity contribution in [1.82, 2.24) is 24.8 Å². The largest absolute Gasteiger partial charge is 0.354 e. The fourth-order valence-corrected chi connectivity index (χ4v) is 4.41. The van der Waals surface area contributed by atoms with Crippen molar-refractivity contribution in [2.75, 3.05) is 56.0 Å². The Morgan fingerprint density at radius 3 is 2.79 bits per heavy atom. The van der Waals surface area contributed by atoms with E-state index in [0.29, 0.717) is 21.7 Å². The number of primary amides is 1. The summed E-state index contributed by atoms with van der Waals surface area (Å²) >= 11 is 1.29. The summed E-state index contributed by atoms with van der Waals surface area (Å²) in [5, 5.41) is 12.7. The Morgan fingerprint density at radius 1 is 1.28 bits per heavy atom. The summed E-state index contributed by atoms with van der Waals surface area (Å²) in [6.45, 7) is 6.22. The van der Waals surface area contributed by atoms with Crippen molar-refractivity contribution in [3.05, 3.63) is 23.5 Å². The second kappa shape index (κ2) is 8.59. The second-order valence-corrected chi connectivity index (χ2v) is 8.29. The topological polar surface area (TPSA) is 127 Å². The molecule has 0 saturated carbocycles. The van der Waals surface area contributed by atoms with Gasteiger partial charge in [-0.25, -0.2) is 19.7 Å². The highest BCUT2D eigenvalue weighted by Gasteiger charge is 2.28. The van der Waals surface area contributed by atoms with Crippen LogP contribution in [0.3, 0.4) is 0 Å². The van der Waals surface area contributed by atoms with Gasteiger partial charge in [-0.2, -0.15) is 5.26 Å². The molecule has 4 rings (SSSR count). The van der Waals surface area contributed by atoms with E-state index in [-0.39, 0.29) is 6.03 Å². The summed E-state index contributed by atoms with van der Waals surface area (Å²) in [7, 11) is 0. The van der Waals surface area contributed by atoms with Crippen LogP contribution in [0.15, 0.2) is 18.6 Å². The van der Waals surface area contributed by atoms with Crippen LogP contribution in [0.1, 0.15) is 11.3 Å². The van der Waals surface area contributed by atoms with Gasteiger partial charge in [0.25, 0.3) is 0 Å². The molecule has 2 aliphatic heterocycles. The number of carbonyl (C=O) groups excluding carboxylic acids is 1. The zero-order valence-electron chi connectivity index (χ0n) is 16.0. The molecular weight excluding hydrogens is 390 g/mol. The normalized spacial score (nSPS) is 19.9. The van der Waals surface area contributed by atoms with Crippen molar-refractivity contribution in [1.29, 1.82) is 5.26 Å². The van der Waals surface area contributed by atoms with Gasteiger partial charge in [0, 0.05) is 51.9 Å². The van der Waals surface area contributed by atoms with Crippen molar-refractivity contribution in [2.45, 2.75) is 6.42 Å². The fraction of sp³-hybridized carbons (Fsp3) is 0.500. The lowest BCUT2D eigenvalue weighted by Gasteiger charge is -2.36. The summed E-state index contributed by atoms with van der Waals surface area (Å²) in [5.74, 6) is 2.04. The van der Waals surface area contributed by atoms with Crippen LogP contribution in [0.25, 0.3) is 0 Å². The van der Waals surface area contributed by atoms with E-state index in [2.05, 4.69) is 36.1 Å². The Labute approximate surface area is 173 Å². The Bertz CT molecular complexity index is 903. The van der Waals surface area contributed by atoms with Gasteiger partial charge in [0.05, 0.1) is 6.20 Å². The molecule has 0 radical (unpaired) electrons. The molecule has 4 heterocycles. The first kappa shape index (κ1) is 19.4. The molecule has 11 heteroatoms. The molecule has 29 heavy (non-hydrogen) atoms. The number of amides is 2. The van der Waals surface area contributed by atoms with Crippen molar-refractivity contribution in [2.24, 2.45) is 11.7 Å². The monoisotopic (exact) mass is 413 g/mol. The number of aromatic nitrogens is 3. The van der Waals surface area contributed by atoms with Gasteiger partial charge in [-0.15, -0.1) is 0 Å². The quantitative estimate of drug-likeness (QED) is 0.745. The predicted octanol–water partition coefficient (Wildman–Crippen LogP) is 1.07. The standard InChI is InChI=1S/C18H23N9OS/c19-8-14-9-21-18(29-14)24-15-7-16(23-12-22-15)26-5-3-25(4-6-26)10-13-1-2-27(11-13)17(20)28/h7,9,12-13H,1-6,10-11H2,(H2,20,28)(H,21,22,23,24). The summed E-state index contributed by atoms with van der Waals surface area (Å²) in [6, 6.07) is 3.67. The Kier molecular flexibility index (Phi) is 5.73.